The topological polar surface area (TPSA) is 98.3 Å². The van der Waals surface area contributed by atoms with Gasteiger partial charge in [-0.05, 0) is 41.8 Å². The van der Waals surface area contributed by atoms with E-state index in [4.69, 9.17) is 4.74 Å². The van der Waals surface area contributed by atoms with Crippen LogP contribution in [0.4, 0.5) is 17.6 Å². The summed E-state index contributed by atoms with van der Waals surface area (Å²) in [7, 11) is -4.53. The van der Waals surface area contributed by atoms with Crippen LogP contribution in [0.2, 0.25) is 0 Å². The molecule has 2 atom stereocenters. The predicted molar refractivity (Wildman–Crippen MR) is 139 cm³/mol. The number of amides is 1. The molecule has 7 nitrogen and oxygen atoms in total. The van der Waals surface area contributed by atoms with Gasteiger partial charge >= 0.3 is 0 Å². The van der Waals surface area contributed by atoms with Crippen LogP contribution in [0, 0.1) is 5.82 Å². The van der Waals surface area contributed by atoms with Gasteiger partial charge in [-0.1, -0.05) is 18.2 Å². The third-order valence-electron chi connectivity index (χ3n) is 6.96. The number of rotatable bonds is 5. The molecular weight excluding hydrogens is 550 g/mol. The first-order valence-electron chi connectivity index (χ1n) is 12.4. The number of pyridine rings is 2. The Bertz CT molecular complexity index is 1790. The van der Waals surface area contributed by atoms with E-state index < -0.39 is 56.0 Å². The standard InChI is InChI=1S/C28H21F4N3O4S.H2/c29-21-10-18(11-24-26(21)39-7-6-25(30)40(24,37)38)27(36)34-14-19-9-17-8-15(4-5-16(17)13-33-19)22-2-1-3-23(35-22)20-12-28(20,31)32;/h1-5,8-11,13,20,25H,6-7,12,14H2,(H,34,36);1H/t20-,25+;/m0./s1. The van der Waals surface area contributed by atoms with Crippen LogP contribution in [-0.2, 0) is 16.4 Å². The zero-order valence-corrected chi connectivity index (χ0v) is 21.5. The van der Waals surface area contributed by atoms with E-state index in [1.165, 1.54) is 0 Å². The maximum absolute atomic E-state index is 14.6. The highest BCUT2D eigenvalue weighted by molar-refractivity contribution is 7.92. The molecule has 1 saturated carbocycles. The zero-order valence-electron chi connectivity index (χ0n) is 20.7. The number of hydrogen-bond donors (Lipinski definition) is 1. The molecule has 0 saturated heterocycles. The van der Waals surface area contributed by atoms with Gasteiger partial charge < -0.3 is 10.1 Å². The molecule has 12 heteroatoms. The minimum Gasteiger partial charge on any atom is -0.489 e. The van der Waals surface area contributed by atoms with E-state index in [0.29, 0.717) is 17.1 Å². The van der Waals surface area contributed by atoms with Gasteiger partial charge in [-0.2, -0.15) is 0 Å². The molecule has 3 heterocycles. The Morgan fingerprint density at radius 1 is 1.12 bits per heavy atom. The quantitative estimate of drug-likeness (QED) is 0.313. The average Bonchev–Trinajstić information content (AvgIpc) is 3.61. The number of aromatic nitrogens is 2. The Balaban J connectivity index is 0.00000337. The summed E-state index contributed by atoms with van der Waals surface area (Å²) >= 11 is 0. The second-order valence-corrected chi connectivity index (χ2v) is 11.8. The molecule has 0 spiro atoms. The van der Waals surface area contributed by atoms with Gasteiger partial charge in [0.1, 0.15) is 4.90 Å². The number of ether oxygens (including phenoxy) is 1. The Morgan fingerprint density at radius 3 is 2.70 bits per heavy atom. The van der Waals surface area contributed by atoms with Gasteiger partial charge in [0.05, 0.1) is 36.2 Å². The fourth-order valence-corrected chi connectivity index (χ4v) is 6.04. The number of carbonyl (C=O) groups excluding carboxylic acids is 1. The minimum atomic E-state index is -4.53. The normalized spacial score (nSPS) is 20.7. The van der Waals surface area contributed by atoms with Crippen LogP contribution in [0.5, 0.6) is 5.75 Å². The molecule has 2 aliphatic rings. The summed E-state index contributed by atoms with van der Waals surface area (Å²) in [4.78, 5) is 20.8. The predicted octanol–water partition coefficient (Wildman–Crippen LogP) is 5.59. The van der Waals surface area contributed by atoms with E-state index in [1.807, 2.05) is 18.2 Å². The van der Waals surface area contributed by atoms with E-state index in [0.717, 1.165) is 28.5 Å². The van der Waals surface area contributed by atoms with Crippen LogP contribution in [0.15, 0.2) is 65.7 Å². The monoisotopic (exact) mass is 573 g/mol. The van der Waals surface area contributed by atoms with Gasteiger partial charge in [0.2, 0.25) is 15.3 Å². The molecule has 4 aromatic rings. The van der Waals surface area contributed by atoms with Crippen molar-refractivity contribution in [3.63, 3.8) is 0 Å². The van der Waals surface area contributed by atoms with Crippen molar-refractivity contribution >= 4 is 26.5 Å². The lowest BCUT2D eigenvalue weighted by molar-refractivity contribution is 0.0949. The summed E-state index contributed by atoms with van der Waals surface area (Å²) in [5.41, 5.74) is -0.523. The van der Waals surface area contributed by atoms with Crippen molar-refractivity contribution in [3.05, 3.63) is 83.6 Å². The molecule has 1 aliphatic heterocycles. The Kier molecular flexibility index (Phi) is 6.25. The lowest BCUT2D eigenvalue weighted by Crippen LogP contribution is -2.24. The van der Waals surface area contributed by atoms with E-state index in [1.54, 1.807) is 30.5 Å². The van der Waals surface area contributed by atoms with E-state index in [-0.39, 0.29) is 26.6 Å². The van der Waals surface area contributed by atoms with Crippen LogP contribution in [-0.4, -0.2) is 42.3 Å². The lowest BCUT2D eigenvalue weighted by atomic mass is 10.0. The van der Waals surface area contributed by atoms with Crippen molar-refractivity contribution < 1.29 is 36.9 Å². The molecular formula is C28H23F4N3O4S. The summed E-state index contributed by atoms with van der Waals surface area (Å²) < 4.78 is 85.8. The first-order chi connectivity index (χ1) is 19.0. The molecule has 2 aromatic heterocycles. The summed E-state index contributed by atoms with van der Waals surface area (Å²) in [6.45, 7) is -0.389. The fraction of sp³-hybridized carbons (Fsp3) is 0.250. The Morgan fingerprint density at radius 2 is 1.93 bits per heavy atom. The number of nitrogens with zero attached hydrogens (tertiary/aromatic N) is 2. The Labute approximate surface area is 227 Å². The van der Waals surface area contributed by atoms with E-state index >= 15 is 0 Å². The number of nitrogens with one attached hydrogen (secondary N) is 1. The van der Waals surface area contributed by atoms with Gasteiger partial charge in [0, 0.05) is 37.0 Å². The molecule has 0 radical (unpaired) electrons. The summed E-state index contributed by atoms with van der Waals surface area (Å²) in [6, 6.07) is 14.0. The highest BCUT2D eigenvalue weighted by Gasteiger charge is 2.58. The first-order valence-corrected chi connectivity index (χ1v) is 13.9. The largest absolute Gasteiger partial charge is 0.489 e. The number of sulfone groups is 1. The van der Waals surface area contributed by atoms with Crippen LogP contribution < -0.4 is 10.1 Å². The summed E-state index contributed by atoms with van der Waals surface area (Å²) in [5.74, 6) is -6.06. The summed E-state index contributed by atoms with van der Waals surface area (Å²) in [5, 5.41) is 4.12. The number of fused-ring (bicyclic) bond motifs is 2. The maximum atomic E-state index is 14.6. The van der Waals surface area contributed by atoms with Crippen molar-refractivity contribution in [2.75, 3.05) is 6.61 Å². The molecule has 208 valence electrons. The molecule has 6 rings (SSSR count). The van der Waals surface area contributed by atoms with E-state index in [9.17, 15) is 30.8 Å². The third kappa shape index (κ3) is 4.76. The zero-order chi connectivity index (χ0) is 28.2. The van der Waals surface area contributed by atoms with Crippen LogP contribution in [0.25, 0.3) is 22.0 Å². The van der Waals surface area contributed by atoms with Crippen molar-refractivity contribution in [1.29, 1.82) is 0 Å². The molecule has 0 bridgehead atoms. The van der Waals surface area contributed by atoms with Gasteiger partial charge in [0.25, 0.3) is 11.8 Å². The minimum absolute atomic E-state index is 0. The second-order valence-electron chi connectivity index (χ2n) is 9.76. The second kappa shape index (κ2) is 9.54. The first kappa shape index (κ1) is 26.2. The number of hydrogen-bond acceptors (Lipinski definition) is 6. The van der Waals surface area contributed by atoms with E-state index in [2.05, 4.69) is 15.3 Å². The molecule has 1 aliphatic carbocycles. The highest BCUT2D eigenvalue weighted by atomic mass is 32.2. The summed E-state index contributed by atoms with van der Waals surface area (Å²) in [6.07, 6.45) is 0.938. The van der Waals surface area contributed by atoms with Crippen molar-refractivity contribution in [3.8, 4) is 17.0 Å². The van der Waals surface area contributed by atoms with Crippen LogP contribution in [0.3, 0.4) is 0 Å². The molecule has 2 aromatic carbocycles. The van der Waals surface area contributed by atoms with Crippen molar-refractivity contribution in [1.82, 2.24) is 15.3 Å². The Hall–Kier alpha value is -4.06. The third-order valence-corrected chi connectivity index (χ3v) is 8.79. The van der Waals surface area contributed by atoms with Gasteiger partial charge in [-0.3, -0.25) is 14.8 Å². The maximum Gasteiger partial charge on any atom is 0.257 e. The molecule has 1 fully saturated rings. The average molecular weight is 574 g/mol. The number of alkyl halides is 3. The van der Waals surface area contributed by atoms with Gasteiger partial charge in [-0.15, -0.1) is 0 Å². The fourth-order valence-electron chi connectivity index (χ4n) is 4.65. The number of halogens is 4. The molecule has 1 amide bonds. The SMILES string of the molecule is O=C(NCc1cc2cc(-c3cccc([C@@H]4CC4(F)F)n3)ccc2cn1)c1cc(F)c2c(c1)S(=O)(=O)[C@@H](F)CCO2.[HH]. The van der Waals surface area contributed by atoms with Crippen LogP contribution in [0.1, 0.15) is 41.9 Å². The molecule has 0 unspecified atom stereocenters. The number of benzene rings is 2. The van der Waals surface area contributed by atoms with Crippen LogP contribution >= 0.6 is 0 Å². The van der Waals surface area contributed by atoms with Crippen molar-refractivity contribution in [2.45, 2.75) is 41.6 Å². The highest BCUT2D eigenvalue weighted by Crippen LogP contribution is 2.55. The molecule has 1 N–H and O–H groups in total. The molecule has 40 heavy (non-hydrogen) atoms. The van der Waals surface area contributed by atoms with Gasteiger partial charge in [0.15, 0.2) is 11.6 Å². The number of carbonyl (C=O) groups is 1. The lowest BCUT2D eigenvalue weighted by Gasteiger charge is -2.12. The van der Waals surface area contributed by atoms with Crippen molar-refractivity contribution in [2.24, 2.45) is 0 Å². The van der Waals surface area contributed by atoms with Gasteiger partial charge in [-0.25, -0.2) is 26.0 Å². The smallest absolute Gasteiger partial charge is 0.257 e.